The average molecular weight is 410 g/mol. The normalized spacial score (nSPS) is 12.2. The van der Waals surface area contributed by atoms with Gasteiger partial charge < -0.3 is 14.3 Å². The number of para-hydroxylation sites is 1. The summed E-state index contributed by atoms with van der Waals surface area (Å²) in [5.74, 6) is 1.08. The zero-order valence-electron chi connectivity index (χ0n) is 15.9. The Morgan fingerprint density at radius 3 is 2.72 bits per heavy atom. The molecule has 0 aliphatic rings. The van der Waals surface area contributed by atoms with Gasteiger partial charge in [0, 0.05) is 18.0 Å². The zero-order chi connectivity index (χ0) is 20.4. The number of aromatic nitrogens is 3. The summed E-state index contributed by atoms with van der Waals surface area (Å²) in [6.07, 6.45) is 0. The summed E-state index contributed by atoms with van der Waals surface area (Å²) in [6.45, 7) is 1.88. The average Bonchev–Trinajstić information content (AvgIpc) is 3.31. The molecule has 148 valence electrons. The van der Waals surface area contributed by atoms with E-state index in [9.17, 15) is 9.18 Å². The van der Waals surface area contributed by atoms with Gasteiger partial charge in [-0.25, -0.2) is 4.39 Å². The van der Waals surface area contributed by atoms with Crippen LogP contribution in [0.3, 0.4) is 0 Å². The van der Waals surface area contributed by atoms with Crippen molar-refractivity contribution >= 4 is 28.6 Å². The lowest BCUT2D eigenvalue weighted by Gasteiger charge is -2.11. The second kappa shape index (κ2) is 8.08. The highest BCUT2D eigenvalue weighted by Crippen LogP contribution is 2.25. The van der Waals surface area contributed by atoms with E-state index in [1.807, 2.05) is 44.3 Å². The minimum Gasteiger partial charge on any atom is -0.459 e. The molecule has 2 aromatic carbocycles. The van der Waals surface area contributed by atoms with Crippen LogP contribution in [0.25, 0.3) is 22.4 Å². The van der Waals surface area contributed by atoms with Crippen molar-refractivity contribution < 1.29 is 13.6 Å². The number of carbonyl (C=O) groups is 1. The van der Waals surface area contributed by atoms with Crippen molar-refractivity contribution in [3.05, 3.63) is 66.2 Å². The molecule has 2 aromatic heterocycles. The van der Waals surface area contributed by atoms with Gasteiger partial charge in [0.25, 0.3) is 0 Å². The third kappa shape index (κ3) is 4.17. The van der Waals surface area contributed by atoms with E-state index in [0.29, 0.717) is 16.7 Å². The Labute approximate surface area is 171 Å². The number of hydrogen-bond donors (Lipinski definition) is 1. The van der Waals surface area contributed by atoms with Crippen molar-refractivity contribution in [1.82, 2.24) is 20.1 Å². The molecule has 1 unspecified atom stereocenters. The highest BCUT2D eigenvalue weighted by atomic mass is 32.2. The summed E-state index contributed by atoms with van der Waals surface area (Å²) in [5.41, 5.74) is 1.56. The van der Waals surface area contributed by atoms with E-state index < -0.39 is 0 Å². The summed E-state index contributed by atoms with van der Waals surface area (Å²) in [5, 5.41) is 12.8. The number of amides is 1. The Balaban J connectivity index is 1.37. The Morgan fingerprint density at radius 2 is 1.97 bits per heavy atom. The fourth-order valence-corrected chi connectivity index (χ4v) is 3.71. The molecule has 4 rings (SSSR count). The fraction of sp³-hybridized carbons (Fsp3) is 0.190. The highest BCUT2D eigenvalue weighted by molar-refractivity contribution is 7.99. The quantitative estimate of drug-likeness (QED) is 0.479. The summed E-state index contributed by atoms with van der Waals surface area (Å²) in [7, 11) is 1.82. The molecule has 1 amide bonds. The van der Waals surface area contributed by atoms with E-state index in [1.165, 1.54) is 23.9 Å². The van der Waals surface area contributed by atoms with Crippen LogP contribution < -0.4 is 5.32 Å². The van der Waals surface area contributed by atoms with Crippen LogP contribution >= 0.6 is 11.8 Å². The first-order chi connectivity index (χ1) is 14.0. The molecule has 29 heavy (non-hydrogen) atoms. The number of thioether (sulfide) groups is 1. The zero-order valence-corrected chi connectivity index (χ0v) is 16.7. The van der Waals surface area contributed by atoms with Crippen molar-refractivity contribution in [2.24, 2.45) is 7.05 Å². The first-order valence-corrected chi connectivity index (χ1v) is 10.1. The minimum absolute atomic E-state index is 0.130. The van der Waals surface area contributed by atoms with Crippen LogP contribution in [0.5, 0.6) is 0 Å². The largest absolute Gasteiger partial charge is 0.459 e. The number of nitrogens with one attached hydrogen (secondary N) is 1. The molecule has 0 saturated heterocycles. The van der Waals surface area contributed by atoms with E-state index in [1.54, 1.807) is 16.7 Å². The second-order valence-electron chi connectivity index (χ2n) is 6.64. The summed E-state index contributed by atoms with van der Waals surface area (Å²) in [4.78, 5) is 12.4. The van der Waals surface area contributed by atoms with Gasteiger partial charge in [-0.1, -0.05) is 30.0 Å². The van der Waals surface area contributed by atoms with Gasteiger partial charge in [0.05, 0.1) is 11.8 Å². The number of furan rings is 1. The third-order valence-electron chi connectivity index (χ3n) is 4.52. The number of rotatable bonds is 6. The topological polar surface area (TPSA) is 73.0 Å². The van der Waals surface area contributed by atoms with Gasteiger partial charge in [0.1, 0.15) is 17.2 Å². The Hall–Kier alpha value is -3.13. The summed E-state index contributed by atoms with van der Waals surface area (Å²) < 4.78 is 20.7. The van der Waals surface area contributed by atoms with Crippen LogP contribution in [0, 0.1) is 5.82 Å². The number of hydrogen-bond acceptors (Lipinski definition) is 5. The van der Waals surface area contributed by atoms with Crippen LogP contribution in [-0.4, -0.2) is 26.4 Å². The Bertz CT molecular complexity index is 1120. The molecule has 1 atom stereocenters. The van der Waals surface area contributed by atoms with Crippen molar-refractivity contribution in [3.63, 3.8) is 0 Å². The third-order valence-corrected chi connectivity index (χ3v) is 5.54. The van der Waals surface area contributed by atoms with E-state index in [-0.39, 0.29) is 23.5 Å². The van der Waals surface area contributed by atoms with Crippen LogP contribution in [-0.2, 0) is 11.8 Å². The standard InChI is InChI=1S/C21H19FN4O2S/c1-13(18-11-15-5-3-4-6-17(15)28-18)23-19(27)12-29-21-25-24-20(26(21)2)14-7-9-16(22)10-8-14/h3-11,13H,12H2,1-2H3,(H,23,27). The molecule has 0 bridgehead atoms. The molecule has 0 radical (unpaired) electrons. The highest BCUT2D eigenvalue weighted by Gasteiger charge is 2.16. The predicted octanol–water partition coefficient (Wildman–Crippen LogP) is 4.34. The number of carbonyl (C=O) groups excluding carboxylic acids is 1. The van der Waals surface area contributed by atoms with Gasteiger partial charge >= 0.3 is 0 Å². The lowest BCUT2D eigenvalue weighted by Crippen LogP contribution is -2.28. The van der Waals surface area contributed by atoms with Gasteiger partial charge in [-0.2, -0.15) is 0 Å². The van der Waals surface area contributed by atoms with Gasteiger partial charge in [0.2, 0.25) is 5.91 Å². The smallest absolute Gasteiger partial charge is 0.231 e. The lowest BCUT2D eigenvalue weighted by molar-refractivity contribution is -0.119. The van der Waals surface area contributed by atoms with E-state index >= 15 is 0 Å². The van der Waals surface area contributed by atoms with Crippen LogP contribution in [0.15, 0.2) is 64.2 Å². The number of benzene rings is 2. The number of halogens is 1. The first-order valence-electron chi connectivity index (χ1n) is 9.07. The molecule has 8 heteroatoms. The number of fused-ring (bicyclic) bond motifs is 1. The van der Waals surface area contributed by atoms with Crippen molar-refractivity contribution in [2.75, 3.05) is 5.75 Å². The Morgan fingerprint density at radius 1 is 1.21 bits per heavy atom. The van der Waals surface area contributed by atoms with Gasteiger partial charge in [-0.05, 0) is 43.3 Å². The summed E-state index contributed by atoms with van der Waals surface area (Å²) in [6, 6.07) is 15.5. The predicted molar refractivity (Wildman–Crippen MR) is 110 cm³/mol. The second-order valence-corrected chi connectivity index (χ2v) is 7.58. The molecule has 2 heterocycles. The van der Waals surface area contributed by atoms with Gasteiger partial charge in [0.15, 0.2) is 11.0 Å². The maximum Gasteiger partial charge on any atom is 0.231 e. The first kappa shape index (κ1) is 19.2. The molecule has 6 nitrogen and oxygen atoms in total. The molecule has 0 aliphatic carbocycles. The van der Waals surface area contributed by atoms with Crippen molar-refractivity contribution in [2.45, 2.75) is 18.1 Å². The van der Waals surface area contributed by atoms with Gasteiger partial charge in [-0.3, -0.25) is 4.79 Å². The van der Waals surface area contributed by atoms with Crippen LogP contribution in [0.2, 0.25) is 0 Å². The van der Waals surface area contributed by atoms with Gasteiger partial charge in [-0.15, -0.1) is 10.2 Å². The molecule has 0 fully saturated rings. The van der Waals surface area contributed by atoms with Crippen LogP contribution in [0.4, 0.5) is 4.39 Å². The van der Waals surface area contributed by atoms with Crippen molar-refractivity contribution in [1.29, 1.82) is 0 Å². The molecule has 0 aliphatic heterocycles. The molecular formula is C21H19FN4O2S. The van der Waals surface area contributed by atoms with Crippen LogP contribution in [0.1, 0.15) is 18.7 Å². The van der Waals surface area contributed by atoms with Crippen molar-refractivity contribution in [3.8, 4) is 11.4 Å². The fourth-order valence-electron chi connectivity index (χ4n) is 2.99. The molecule has 0 spiro atoms. The maximum atomic E-state index is 13.1. The van der Waals surface area contributed by atoms with E-state index in [0.717, 1.165) is 16.5 Å². The molecule has 1 N–H and O–H groups in total. The molecule has 4 aromatic rings. The van der Waals surface area contributed by atoms with E-state index in [2.05, 4.69) is 15.5 Å². The van der Waals surface area contributed by atoms with E-state index in [4.69, 9.17) is 4.42 Å². The lowest BCUT2D eigenvalue weighted by atomic mass is 10.2. The minimum atomic E-state index is -0.305. The number of nitrogens with zero attached hydrogens (tertiary/aromatic N) is 3. The summed E-state index contributed by atoms with van der Waals surface area (Å²) >= 11 is 1.29. The molecule has 0 saturated carbocycles. The molecular weight excluding hydrogens is 391 g/mol. The SMILES string of the molecule is CC(NC(=O)CSc1nnc(-c2ccc(F)cc2)n1C)c1cc2ccccc2o1. The monoisotopic (exact) mass is 410 g/mol. The maximum absolute atomic E-state index is 13.1. The Kier molecular flexibility index (Phi) is 5.35.